The van der Waals surface area contributed by atoms with Gasteiger partial charge in [-0.15, -0.1) is 0 Å². The topological polar surface area (TPSA) is 38.3 Å². The monoisotopic (exact) mass is 443 g/mol. The molecule has 8 rings (SSSR count). The Hall–Kier alpha value is -3.72. The zero-order chi connectivity index (χ0) is 22.2. The molecule has 0 aliphatic heterocycles. The molecule has 2 aliphatic carbocycles. The molecule has 3 unspecified atom stereocenters. The summed E-state index contributed by atoms with van der Waals surface area (Å²) in [7, 11) is 0. The van der Waals surface area contributed by atoms with Crippen molar-refractivity contribution in [2.75, 3.05) is 5.32 Å². The van der Waals surface area contributed by atoms with E-state index >= 15 is 0 Å². The van der Waals surface area contributed by atoms with Gasteiger partial charge in [-0.1, -0.05) is 36.8 Å². The Balaban J connectivity index is 1.21. The molecular weight excluding hydrogens is 418 g/mol. The number of hydrogen-bond acceptors (Lipinski definition) is 3. The second-order valence-corrected chi connectivity index (χ2v) is 10.2. The van der Waals surface area contributed by atoms with Crippen molar-refractivity contribution in [2.45, 2.75) is 31.6 Å². The zero-order valence-electron chi connectivity index (χ0n) is 18.9. The van der Waals surface area contributed by atoms with Gasteiger partial charge in [0.1, 0.15) is 22.3 Å². The summed E-state index contributed by atoms with van der Waals surface area (Å²) in [5.41, 5.74) is 7.37. The quantitative estimate of drug-likeness (QED) is 0.296. The van der Waals surface area contributed by atoms with Gasteiger partial charge in [0.05, 0.1) is 0 Å². The van der Waals surface area contributed by atoms with E-state index in [1.807, 2.05) is 12.1 Å². The van der Waals surface area contributed by atoms with E-state index in [0.717, 1.165) is 56.3 Å². The molecule has 3 atom stereocenters. The summed E-state index contributed by atoms with van der Waals surface area (Å²) in [4.78, 5) is 0. The molecule has 0 amide bonds. The van der Waals surface area contributed by atoms with Gasteiger partial charge in [0, 0.05) is 39.0 Å². The predicted octanol–water partition coefficient (Wildman–Crippen LogP) is 9.13. The highest BCUT2D eigenvalue weighted by atomic mass is 16.3. The van der Waals surface area contributed by atoms with Crippen LogP contribution in [0.3, 0.4) is 0 Å². The van der Waals surface area contributed by atoms with Crippen LogP contribution < -0.4 is 5.32 Å². The minimum absolute atomic E-state index is 0.676. The second kappa shape index (κ2) is 6.89. The Morgan fingerprint density at radius 1 is 0.618 bits per heavy atom. The van der Waals surface area contributed by atoms with Gasteiger partial charge in [-0.2, -0.15) is 0 Å². The molecule has 3 heteroatoms. The summed E-state index contributed by atoms with van der Waals surface area (Å²) in [6.07, 6.45) is 5.56. The van der Waals surface area contributed by atoms with E-state index in [1.54, 1.807) is 0 Å². The number of benzene rings is 4. The molecule has 166 valence electrons. The van der Waals surface area contributed by atoms with E-state index in [9.17, 15) is 0 Å². The van der Waals surface area contributed by atoms with E-state index in [2.05, 4.69) is 72.0 Å². The fraction of sp³-hybridized carbons (Fsp3) is 0.226. The van der Waals surface area contributed by atoms with Crippen LogP contribution in [-0.2, 0) is 0 Å². The maximum Gasteiger partial charge on any atom is 0.137 e. The second-order valence-electron chi connectivity index (χ2n) is 10.2. The highest BCUT2D eigenvalue weighted by Gasteiger charge is 2.41. The number of anilines is 2. The van der Waals surface area contributed by atoms with E-state index in [4.69, 9.17) is 8.83 Å². The van der Waals surface area contributed by atoms with E-state index in [0.29, 0.717) is 5.92 Å². The Morgan fingerprint density at radius 3 is 2.32 bits per heavy atom. The van der Waals surface area contributed by atoms with Crippen molar-refractivity contribution in [2.24, 2.45) is 11.8 Å². The van der Waals surface area contributed by atoms with E-state index in [-0.39, 0.29) is 0 Å². The number of nitrogens with one attached hydrogen (secondary N) is 1. The Morgan fingerprint density at radius 2 is 1.41 bits per heavy atom. The summed E-state index contributed by atoms with van der Waals surface area (Å²) >= 11 is 0. The first-order valence-electron chi connectivity index (χ1n) is 12.4. The maximum absolute atomic E-state index is 6.29. The minimum Gasteiger partial charge on any atom is -0.456 e. The fourth-order valence-corrected chi connectivity index (χ4v) is 6.84. The van der Waals surface area contributed by atoms with Crippen molar-refractivity contribution in [1.82, 2.24) is 0 Å². The van der Waals surface area contributed by atoms with Gasteiger partial charge in [0.15, 0.2) is 0 Å². The lowest BCUT2D eigenvalue weighted by molar-refractivity contribution is 0.422. The summed E-state index contributed by atoms with van der Waals surface area (Å²) in [6.45, 7) is 0. The van der Waals surface area contributed by atoms with Gasteiger partial charge in [0.2, 0.25) is 0 Å². The van der Waals surface area contributed by atoms with Crippen LogP contribution in [0.4, 0.5) is 11.4 Å². The van der Waals surface area contributed by atoms with Crippen molar-refractivity contribution in [3.63, 3.8) is 0 Å². The van der Waals surface area contributed by atoms with Crippen LogP contribution in [0.5, 0.6) is 0 Å². The maximum atomic E-state index is 6.29. The van der Waals surface area contributed by atoms with Gasteiger partial charge in [-0.25, -0.2) is 0 Å². The summed E-state index contributed by atoms with van der Waals surface area (Å²) < 4.78 is 12.4. The Kier molecular flexibility index (Phi) is 3.79. The predicted molar refractivity (Wildman–Crippen MR) is 139 cm³/mol. The molecular formula is C31H25NO2. The molecule has 34 heavy (non-hydrogen) atoms. The fourth-order valence-electron chi connectivity index (χ4n) is 6.84. The lowest BCUT2D eigenvalue weighted by Gasteiger charge is -2.22. The Bertz CT molecular complexity index is 1720. The van der Waals surface area contributed by atoms with Gasteiger partial charge in [-0.05, 0) is 85.0 Å². The number of furan rings is 2. The molecule has 0 radical (unpaired) electrons. The summed E-state index contributed by atoms with van der Waals surface area (Å²) in [5.74, 6) is 2.45. The summed E-state index contributed by atoms with van der Waals surface area (Å²) in [5, 5.41) is 8.43. The van der Waals surface area contributed by atoms with Crippen LogP contribution in [-0.4, -0.2) is 0 Å². The van der Waals surface area contributed by atoms with Crippen molar-refractivity contribution in [3.05, 3.63) is 84.4 Å². The molecule has 2 saturated carbocycles. The first-order valence-corrected chi connectivity index (χ1v) is 12.4. The molecule has 2 aliphatic rings. The standard InChI is InChI=1S/C31H25NO2/c1-2-6-27-22(4-1)23-12-10-21(17-30(23)34-27)32-20-11-13-28-26(16-20)31-24(5-3-7-29(31)33-28)25-15-18-8-9-19(25)14-18/h1-7,10-13,16-19,25,32H,8-9,14-15H2. The molecule has 1 N–H and O–H groups in total. The minimum atomic E-state index is 0.676. The first-order chi connectivity index (χ1) is 16.8. The van der Waals surface area contributed by atoms with Crippen molar-refractivity contribution in [3.8, 4) is 0 Å². The van der Waals surface area contributed by atoms with Crippen molar-refractivity contribution in [1.29, 1.82) is 0 Å². The molecule has 4 aromatic carbocycles. The van der Waals surface area contributed by atoms with Crippen molar-refractivity contribution >= 4 is 55.3 Å². The van der Waals surface area contributed by atoms with Crippen LogP contribution >= 0.6 is 0 Å². The zero-order valence-corrected chi connectivity index (χ0v) is 18.9. The van der Waals surface area contributed by atoms with Crippen molar-refractivity contribution < 1.29 is 8.83 Å². The SMILES string of the molecule is c1ccc2c(c1)oc1cc(Nc3ccc4oc5cccc(C6CC7CCC6C7)c5c4c3)ccc12. The van der Waals surface area contributed by atoms with E-state index in [1.165, 1.54) is 42.0 Å². The highest BCUT2D eigenvalue weighted by molar-refractivity contribution is 6.08. The lowest BCUT2D eigenvalue weighted by atomic mass is 9.82. The first kappa shape index (κ1) is 18.7. The number of rotatable bonds is 3. The van der Waals surface area contributed by atoms with Crippen LogP contribution in [0.25, 0.3) is 43.9 Å². The van der Waals surface area contributed by atoms with Gasteiger partial charge in [0.25, 0.3) is 0 Å². The van der Waals surface area contributed by atoms with Crippen LogP contribution in [0.15, 0.2) is 87.7 Å². The van der Waals surface area contributed by atoms with Gasteiger partial charge < -0.3 is 14.2 Å². The third-order valence-electron chi connectivity index (χ3n) is 8.33. The molecule has 2 fully saturated rings. The average Bonchev–Trinajstić information content (AvgIpc) is 3.64. The normalized spacial score (nSPS) is 21.9. The number of hydrogen-bond donors (Lipinski definition) is 1. The lowest BCUT2D eigenvalue weighted by Crippen LogP contribution is -2.08. The molecule has 0 saturated heterocycles. The molecule has 0 spiro atoms. The van der Waals surface area contributed by atoms with Crippen LogP contribution in [0, 0.1) is 11.8 Å². The molecule has 3 nitrogen and oxygen atoms in total. The third-order valence-corrected chi connectivity index (χ3v) is 8.33. The molecule has 2 bridgehead atoms. The molecule has 2 aromatic heterocycles. The van der Waals surface area contributed by atoms with Gasteiger partial charge in [-0.3, -0.25) is 0 Å². The molecule has 6 aromatic rings. The smallest absolute Gasteiger partial charge is 0.137 e. The summed E-state index contributed by atoms with van der Waals surface area (Å²) in [6, 6.07) is 27.7. The largest absolute Gasteiger partial charge is 0.456 e. The van der Waals surface area contributed by atoms with E-state index < -0.39 is 0 Å². The molecule has 2 heterocycles. The Labute approximate surface area is 197 Å². The van der Waals surface area contributed by atoms with Crippen LogP contribution in [0.1, 0.15) is 37.2 Å². The average molecular weight is 444 g/mol. The number of fused-ring (bicyclic) bond motifs is 8. The highest BCUT2D eigenvalue weighted by Crippen LogP contribution is 2.54. The number of para-hydroxylation sites is 1. The van der Waals surface area contributed by atoms with Gasteiger partial charge >= 0.3 is 0 Å². The van der Waals surface area contributed by atoms with Crippen LogP contribution in [0.2, 0.25) is 0 Å². The third kappa shape index (κ3) is 2.70.